The smallest absolute Gasteiger partial charge is 0.218 e. The highest BCUT2D eigenvalue weighted by Crippen LogP contribution is 2.44. The molecule has 0 radical (unpaired) electrons. The number of hydrogen-bond donors (Lipinski definition) is 6. The summed E-state index contributed by atoms with van der Waals surface area (Å²) in [6.45, 7) is 47.3. The summed E-state index contributed by atoms with van der Waals surface area (Å²) in [6, 6.07) is -0.324. The van der Waals surface area contributed by atoms with E-state index >= 15 is 0 Å². The molecule has 0 spiro atoms. The second-order valence-corrected chi connectivity index (χ2v) is 27.1. The van der Waals surface area contributed by atoms with Gasteiger partial charge in [0.15, 0.2) is 5.79 Å². The Morgan fingerprint density at radius 1 is 0.729 bits per heavy atom. The van der Waals surface area contributed by atoms with Crippen molar-refractivity contribution in [3.8, 4) is 0 Å². The van der Waals surface area contributed by atoms with E-state index < -0.39 is 18.1 Å². The number of unbranched alkanes of at least 4 members (excludes halogenated alkanes) is 2. The van der Waals surface area contributed by atoms with E-state index in [1.54, 1.807) is 0 Å². The summed E-state index contributed by atoms with van der Waals surface area (Å²) >= 11 is 0. The number of allylic oxidation sites excluding steroid dienone is 13. The molecule has 1 amide bonds. The van der Waals surface area contributed by atoms with Crippen molar-refractivity contribution < 1.29 is 39.4 Å². The molecule has 0 aromatic carbocycles. The lowest BCUT2D eigenvalue weighted by molar-refractivity contribution is -0.292. The van der Waals surface area contributed by atoms with Crippen LogP contribution in [0.3, 0.4) is 0 Å². The fraction of sp³-hybridized carbons (Fsp3) is 0.773. The highest BCUT2D eigenvalue weighted by Gasteiger charge is 2.46. The van der Waals surface area contributed by atoms with Crippen molar-refractivity contribution in [3.63, 3.8) is 0 Å². The third-order valence-corrected chi connectivity index (χ3v) is 18.3. The van der Waals surface area contributed by atoms with Gasteiger partial charge in [-0.3, -0.25) is 4.79 Å². The van der Waals surface area contributed by atoms with Crippen LogP contribution in [0.4, 0.5) is 0 Å². The predicted molar refractivity (Wildman–Crippen MR) is 363 cm³/mol. The molecule has 20 atom stereocenters. The molecule has 1 saturated heterocycles. The Kier molecular flexibility index (Phi) is 45.2. The van der Waals surface area contributed by atoms with Gasteiger partial charge in [0, 0.05) is 51.2 Å². The van der Waals surface area contributed by atoms with Crippen LogP contribution in [0.25, 0.3) is 0 Å². The largest absolute Gasteiger partial charge is 0.495 e. The van der Waals surface area contributed by atoms with E-state index in [0.29, 0.717) is 55.3 Å². The van der Waals surface area contributed by atoms with Crippen LogP contribution in [0, 0.1) is 71.0 Å². The summed E-state index contributed by atoms with van der Waals surface area (Å²) in [5.41, 5.74) is 7.50. The van der Waals surface area contributed by atoms with Gasteiger partial charge < -0.3 is 45.7 Å². The number of rotatable bonds is 40. The Morgan fingerprint density at radius 3 is 1.87 bits per heavy atom. The Labute approximate surface area is 524 Å². The third-order valence-electron chi connectivity index (χ3n) is 18.3. The zero-order valence-corrected chi connectivity index (χ0v) is 58.0. The number of amides is 1. The number of ether oxygens (including phenoxy) is 3. The van der Waals surface area contributed by atoms with Crippen molar-refractivity contribution in [1.82, 2.24) is 5.32 Å². The van der Waals surface area contributed by atoms with Crippen LogP contribution in [0.2, 0.25) is 0 Å². The zero-order valence-electron chi connectivity index (χ0n) is 58.0. The number of carbonyl (C=O) groups excluding carboxylic acids is 1. The molecule has 2 fully saturated rings. The van der Waals surface area contributed by atoms with E-state index in [1.807, 2.05) is 52.0 Å². The van der Waals surface area contributed by atoms with E-state index in [9.17, 15) is 25.2 Å². The molecule has 20 unspecified atom stereocenters. The van der Waals surface area contributed by atoms with Crippen LogP contribution in [0.5, 0.6) is 0 Å². The van der Waals surface area contributed by atoms with Crippen LogP contribution in [-0.4, -0.2) is 81.5 Å². The van der Waals surface area contributed by atoms with E-state index in [1.165, 1.54) is 32.6 Å². The lowest BCUT2D eigenvalue weighted by atomic mass is 9.74. The molecule has 10 heteroatoms. The van der Waals surface area contributed by atoms with Gasteiger partial charge in [-0.05, 0) is 150 Å². The van der Waals surface area contributed by atoms with Crippen LogP contribution < -0.4 is 11.1 Å². The standard InChI is InChI=1S/C60H103NO6.C13H27NO2.C2H6/c1-14-44(5)35-45(6)36-51(12)65-52(13)47(8)37-53(15-2)31-26-24-22-20-18-16-17-19-21-23-25-27-32-54(66-55-38-48(9)59(63)57(61)39-55)40-58-56(34-43(3)4)50(11)42-60(64,67-58)41-49(10)46(7)30-28-29-33-62;1-6-9(2)7-10(3)8-11(4)13(16)14-12(5)15;1-2/h16-17,19,21-27,31-32,44-50,52-59,62-64H,3,12,14-15,18,20,28-30,33-42,61H2,1-2,4-11,13H3;9-11,13,16H,6-8H2,1-5H3,(H,14,15);1-2H3/b17-16+,21-19+,24-22+,25-23+,31-26+,32-27+;;. The van der Waals surface area contributed by atoms with E-state index in [4.69, 9.17) is 19.9 Å². The van der Waals surface area contributed by atoms with E-state index in [-0.39, 0.29) is 72.6 Å². The highest BCUT2D eigenvalue weighted by atomic mass is 16.6. The van der Waals surface area contributed by atoms with Gasteiger partial charge >= 0.3 is 0 Å². The van der Waals surface area contributed by atoms with Gasteiger partial charge in [0.05, 0.1) is 36.3 Å². The molecule has 0 bridgehead atoms. The quantitative estimate of drug-likeness (QED) is 0.0115. The molecule has 7 N–H and O–H groups in total. The van der Waals surface area contributed by atoms with Crippen LogP contribution in [-0.2, 0) is 19.0 Å². The average molecular weight is 1190 g/mol. The fourth-order valence-electron chi connectivity index (χ4n) is 12.5. The second kappa shape index (κ2) is 46.9. The van der Waals surface area contributed by atoms with Gasteiger partial charge in [-0.1, -0.05) is 215 Å². The summed E-state index contributed by atoms with van der Waals surface area (Å²) in [4.78, 5) is 10.8. The lowest BCUT2D eigenvalue weighted by Crippen LogP contribution is -2.51. The molecule has 0 aromatic rings. The van der Waals surface area contributed by atoms with Gasteiger partial charge in [-0.25, -0.2) is 0 Å². The van der Waals surface area contributed by atoms with Gasteiger partial charge in [-0.15, -0.1) is 6.58 Å². The maximum absolute atomic E-state index is 12.1. The molecular formula is C75H136N2O8. The molecule has 1 aliphatic heterocycles. The second-order valence-electron chi connectivity index (χ2n) is 27.1. The number of nitrogens with two attached hydrogens (primary N) is 1. The first-order valence-corrected chi connectivity index (χ1v) is 34.2. The first-order valence-electron chi connectivity index (χ1n) is 34.2. The summed E-state index contributed by atoms with van der Waals surface area (Å²) in [5.74, 6) is 4.50. The van der Waals surface area contributed by atoms with Crippen LogP contribution in [0.1, 0.15) is 247 Å². The molecule has 1 aliphatic carbocycles. The Balaban J connectivity index is 0.00000337. The van der Waals surface area contributed by atoms with Crippen molar-refractivity contribution in [2.45, 2.75) is 295 Å². The summed E-state index contributed by atoms with van der Waals surface area (Å²) in [5, 5.41) is 44.2. The molecule has 10 nitrogen and oxygen atoms in total. The number of aliphatic hydroxyl groups is 4. The first kappa shape index (κ1) is 81.9. The molecule has 0 aromatic heterocycles. The minimum atomic E-state index is -1.22. The summed E-state index contributed by atoms with van der Waals surface area (Å²) in [7, 11) is 0. The summed E-state index contributed by atoms with van der Waals surface area (Å²) in [6.07, 6.45) is 41.7. The number of hydrogen-bond acceptors (Lipinski definition) is 9. The monoisotopic (exact) mass is 1190 g/mol. The average Bonchev–Trinajstić information content (AvgIpc) is 3.61. The molecular weight excluding hydrogens is 1060 g/mol. The SMILES string of the molecule is C=C(C)CC1C(C)CC(O)(CC(C)C(C)CCCCO)OC1CC(/C=C/C=C/C=C/C=C/CC/C=C/C=C/C(CC)CC(C)C(C)OC(=C)CC(C)CC(C)CC)OC1CC(C)C(O)C(N)C1.CC.CCC(C)CC(C)CC(C)C(O)NC(C)=O. The number of carbonyl (C=O) groups is 1. The molecule has 85 heavy (non-hydrogen) atoms. The molecule has 494 valence electrons. The van der Waals surface area contributed by atoms with Crippen molar-refractivity contribution in [3.05, 3.63) is 97.4 Å². The Hall–Kier alpha value is -3.09. The topological polar surface area (TPSA) is 164 Å². The number of aliphatic hydroxyl groups excluding tert-OH is 3. The fourth-order valence-corrected chi connectivity index (χ4v) is 12.5. The third kappa shape index (κ3) is 37.5. The Morgan fingerprint density at radius 2 is 1.31 bits per heavy atom. The van der Waals surface area contributed by atoms with Crippen LogP contribution in [0.15, 0.2) is 97.4 Å². The molecule has 2 rings (SSSR count). The van der Waals surface area contributed by atoms with Gasteiger partial charge in [0.25, 0.3) is 0 Å². The maximum Gasteiger partial charge on any atom is 0.218 e. The maximum atomic E-state index is 12.1. The minimum absolute atomic E-state index is 0.0511. The zero-order chi connectivity index (χ0) is 64.7. The minimum Gasteiger partial charge on any atom is -0.495 e. The van der Waals surface area contributed by atoms with Crippen molar-refractivity contribution in [2.24, 2.45) is 76.7 Å². The molecule has 1 saturated carbocycles. The van der Waals surface area contributed by atoms with Crippen molar-refractivity contribution in [1.29, 1.82) is 0 Å². The summed E-state index contributed by atoms with van der Waals surface area (Å²) < 4.78 is 19.9. The predicted octanol–water partition coefficient (Wildman–Crippen LogP) is 17.9. The van der Waals surface area contributed by atoms with Crippen molar-refractivity contribution >= 4 is 5.91 Å². The lowest BCUT2D eigenvalue weighted by Gasteiger charge is -2.48. The van der Waals surface area contributed by atoms with E-state index in [2.05, 4.69) is 157 Å². The highest BCUT2D eigenvalue weighted by molar-refractivity contribution is 5.73. The van der Waals surface area contributed by atoms with Gasteiger partial charge in [0.2, 0.25) is 5.91 Å². The first-order chi connectivity index (χ1) is 40.2. The van der Waals surface area contributed by atoms with Crippen LogP contribution >= 0.6 is 0 Å². The van der Waals surface area contributed by atoms with E-state index in [0.717, 1.165) is 93.8 Å². The number of nitrogens with one attached hydrogen (secondary N) is 1. The molecule has 1 heterocycles. The van der Waals surface area contributed by atoms with Crippen molar-refractivity contribution in [2.75, 3.05) is 6.61 Å². The van der Waals surface area contributed by atoms with Gasteiger partial charge in [0.1, 0.15) is 6.23 Å². The van der Waals surface area contributed by atoms with Gasteiger partial charge in [-0.2, -0.15) is 0 Å². The molecule has 2 aliphatic rings. The normalized spacial score (nSPS) is 26.4. The Bertz CT molecular complexity index is 1910.